The monoisotopic (exact) mass is 250 g/mol. The summed E-state index contributed by atoms with van der Waals surface area (Å²) in [6.07, 6.45) is 1.49. The molecular formula is C14H9F3O. The van der Waals surface area contributed by atoms with E-state index in [4.69, 9.17) is 4.74 Å². The van der Waals surface area contributed by atoms with Crippen LogP contribution in [0.5, 0.6) is 11.5 Å². The van der Waals surface area contributed by atoms with Gasteiger partial charge >= 0.3 is 0 Å². The van der Waals surface area contributed by atoms with Gasteiger partial charge in [-0.15, -0.1) is 0 Å². The molecule has 0 spiro atoms. The zero-order chi connectivity index (χ0) is 13.1. The highest BCUT2D eigenvalue weighted by Crippen LogP contribution is 2.26. The maximum absolute atomic E-state index is 13.6. The highest BCUT2D eigenvalue weighted by Gasteiger charge is 2.08. The minimum atomic E-state index is -1.05. The van der Waals surface area contributed by atoms with E-state index in [0.717, 1.165) is 12.1 Å². The van der Waals surface area contributed by atoms with E-state index in [1.165, 1.54) is 24.3 Å². The van der Waals surface area contributed by atoms with Crippen molar-refractivity contribution in [3.63, 3.8) is 0 Å². The molecule has 4 heteroatoms. The van der Waals surface area contributed by atoms with Crippen LogP contribution in [0.4, 0.5) is 13.2 Å². The Bertz CT molecular complexity index is 594. The molecule has 2 rings (SSSR count). The molecule has 18 heavy (non-hydrogen) atoms. The molecule has 0 atom stereocenters. The van der Waals surface area contributed by atoms with E-state index >= 15 is 0 Å². The van der Waals surface area contributed by atoms with Gasteiger partial charge in [-0.25, -0.2) is 13.2 Å². The van der Waals surface area contributed by atoms with E-state index in [-0.39, 0.29) is 11.5 Å². The predicted octanol–water partition coefficient (Wildman–Crippen LogP) is 4.54. The van der Waals surface area contributed by atoms with Crippen LogP contribution >= 0.6 is 0 Å². The molecule has 2 aromatic rings. The second kappa shape index (κ2) is 4.96. The molecule has 0 saturated carbocycles. The van der Waals surface area contributed by atoms with Crippen molar-refractivity contribution in [1.29, 1.82) is 0 Å². The third-order valence-electron chi connectivity index (χ3n) is 2.31. The second-order valence-electron chi connectivity index (χ2n) is 3.57. The van der Waals surface area contributed by atoms with Crippen LogP contribution < -0.4 is 4.74 Å². The van der Waals surface area contributed by atoms with E-state index in [0.29, 0.717) is 5.56 Å². The van der Waals surface area contributed by atoms with Gasteiger partial charge in [0.25, 0.3) is 0 Å². The number of ether oxygens (including phenoxy) is 1. The molecule has 0 aliphatic rings. The van der Waals surface area contributed by atoms with E-state index in [1.54, 1.807) is 6.07 Å². The van der Waals surface area contributed by atoms with Gasteiger partial charge < -0.3 is 4.74 Å². The smallest absolute Gasteiger partial charge is 0.166 e. The van der Waals surface area contributed by atoms with Crippen LogP contribution in [-0.4, -0.2) is 0 Å². The van der Waals surface area contributed by atoms with Gasteiger partial charge in [-0.2, -0.15) is 0 Å². The Kier molecular flexibility index (Phi) is 3.37. The first-order valence-electron chi connectivity index (χ1n) is 5.15. The van der Waals surface area contributed by atoms with Gasteiger partial charge in [0.05, 0.1) is 0 Å². The first-order valence-corrected chi connectivity index (χ1v) is 5.15. The first kappa shape index (κ1) is 12.2. The standard InChI is InChI=1S/C14H9F3O/c1-2-9-3-6-14(13(17)7-9)18-10-4-5-11(15)12(16)8-10/h2-8H,1H2. The third kappa shape index (κ3) is 2.53. The second-order valence-corrected chi connectivity index (χ2v) is 3.57. The topological polar surface area (TPSA) is 9.23 Å². The highest BCUT2D eigenvalue weighted by molar-refractivity contribution is 5.49. The van der Waals surface area contributed by atoms with Crippen molar-refractivity contribution in [3.8, 4) is 11.5 Å². The van der Waals surface area contributed by atoms with Gasteiger partial charge in [-0.3, -0.25) is 0 Å². The Labute approximate surface area is 102 Å². The summed E-state index contributed by atoms with van der Waals surface area (Å²) >= 11 is 0. The minimum Gasteiger partial charge on any atom is -0.454 e. The Balaban J connectivity index is 2.28. The van der Waals surface area contributed by atoms with Crippen molar-refractivity contribution in [2.45, 2.75) is 0 Å². The summed E-state index contributed by atoms with van der Waals surface area (Å²) in [7, 11) is 0. The van der Waals surface area contributed by atoms with Gasteiger partial charge in [-0.1, -0.05) is 18.7 Å². The summed E-state index contributed by atoms with van der Waals surface area (Å²) in [4.78, 5) is 0. The fourth-order valence-corrected chi connectivity index (χ4v) is 1.39. The summed E-state index contributed by atoms with van der Waals surface area (Å²) in [5.41, 5.74) is 0.602. The molecule has 2 aromatic carbocycles. The molecule has 0 heterocycles. The molecule has 0 unspecified atom stereocenters. The lowest BCUT2D eigenvalue weighted by Crippen LogP contribution is -1.91. The Hall–Kier alpha value is -2.23. The highest BCUT2D eigenvalue weighted by atomic mass is 19.2. The van der Waals surface area contributed by atoms with Gasteiger partial charge in [0.2, 0.25) is 0 Å². The average Bonchev–Trinajstić information content (AvgIpc) is 2.36. The zero-order valence-corrected chi connectivity index (χ0v) is 9.29. The molecule has 0 saturated heterocycles. The molecule has 0 fully saturated rings. The molecule has 0 aliphatic carbocycles. The van der Waals surface area contributed by atoms with Crippen LogP contribution in [0.3, 0.4) is 0 Å². The normalized spacial score (nSPS) is 10.2. The summed E-state index contributed by atoms with van der Waals surface area (Å²) in [5, 5.41) is 0. The van der Waals surface area contributed by atoms with Crippen molar-refractivity contribution >= 4 is 6.08 Å². The summed E-state index contributed by atoms with van der Waals surface area (Å²) in [6, 6.07) is 7.23. The van der Waals surface area contributed by atoms with Crippen LogP contribution in [0.2, 0.25) is 0 Å². The maximum atomic E-state index is 13.6. The molecule has 1 nitrogen and oxygen atoms in total. The van der Waals surface area contributed by atoms with Gasteiger partial charge in [0.1, 0.15) is 5.75 Å². The van der Waals surface area contributed by atoms with E-state index in [9.17, 15) is 13.2 Å². The van der Waals surface area contributed by atoms with Crippen LogP contribution in [0, 0.1) is 17.5 Å². The molecule has 0 aromatic heterocycles. The van der Waals surface area contributed by atoms with Gasteiger partial charge in [0.15, 0.2) is 23.2 Å². The first-order chi connectivity index (χ1) is 8.60. The summed E-state index contributed by atoms with van der Waals surface area (Å²) in [6.45, 7) is 3.51. The molecule has 0 N–H and O–H groups in total. The van der Waals surface area contributed by atoms with Gasteiger partial charge in [0, 0.05) is 6.07 Å². The fraction of sp³-hybridized carbons (Fsp3) is 0. The lowest BCUT2D eigenvalue weighted by Gasteiger charge is -2.07. The van der Waals surface area contributed by atoms with Crippen LogP contribution in [-0.2, 0) is 0 Å². The van der Waals surface area contributed by atoms with Gasteiger partial charge in [-0.05, 0) is 29.8 Å². The number of halogens is 3. The molecule has 0 amide bonds. The number of rotatable bonds is 3. The van der Waals surface area contributed by atoms with E-state index in [1.807, 2.05) is 0 Å². The lowest BCUT2D eigenvalue weighted by molar-refractivity contribution is 0.432. The number of hydrogen-bond acceptors (Lipinski definition) is 1. The predicted molar refractivity (Wildman–Crippen MR) is 62.9 cm³/mol. The van der Waals surface area contributed by atoms with Crippen LogP contribution in [0.15, 0.2) is 43.0 Å². The summed E-state index contributed by atoms with van der Waals surface area (Å²) in [5.74, 6) is -2.66. The molecule has 0 bridgehead atoms. The van der Waals surface area contributed by atoms with Crippen molar-refractivity contribution in [1.82, 2.24) is 0 Å². The minimum absolute atomic E-state index is 0.0270. The van der Waals surface area contributed by atoms with E-state index < -0.39 is 17.5 Å². The maximum Gasteiger partial charge on any atom is 0.166 e. The fourth-order valence-electron chi connectivity index (χ4n) is 1.39. The zero-order valence-electron chi connectivity index (χ0n) is 9.29. The Morgan fingerprint density at radius 1 is 0.889 bits per heavy atom. The number of hydrogen-bond donors (Lipinski definition) is 0. The lowest BCUT2D eigenvalue weighted by atomic mass is 10.2. The molecular weight excluding hydrogens is 241 g/mol. The SMILES string of the molecule is C=Cc1ccc(Oc2ccc(F)c(F)c2)c(F)c1. The summed E-state index contributed by atoms with van der Waals surface area (Å²) < 4.78 is 44.3. The van der Waals surface area contributed by atoms with Crippen LogP contribution in [0.25, 0.3) is 6.08 Å². The van der Waals surface area contributed by atoms with Crippen molar-refractivity contribution < 1.29 is 17.9 Å². The quantitative estimate of drug-likeness (QED) is 0.777. The van der Waals surface area contributed by atoms with E-state index in [2.05, 4.69) is 6.58 Å². The van der Waals surface area contributed by atoms with Crippen molar-refractivity contribution in [3.05, 3.63) is 66.0 Å². The van der Waals surface area contributed by atoms with Crippen LogP contribution in [0.1, 0.15) is 5.56 Å². The average molecular weight is 250 g/mol. The molecule has 0 aliphatic heterocycles. The van der Waals surface area contributed by atoms with Crippen molar-refractivity contribution in [2.75, 3.05) is 0 Å². The number of benzene rings is 2. The third-order valence-corrected chi connectivity index (χ3v) is 2.31. The Morgan fingerprint density at radius 2 is 1.67 bits per heavy atom. The molecule has 92 valence electrons. The van der Waals surface area contributed by atoms with Crippen molar-refractivity contribution in [2.24, 2.45) is 0 Å². The largest absolute Gasteiger partial charge is 0.454 e. The Morgan fingerprint density at radius 3 is 2.28 bits per heavy atom. The molecule has 0 radical (unpaired) electrons.